The fourth-order valence-electron chi connectivity index (χ4n) is 6.93. The minimum absolute atomic E-state index is 0.0417. The summed E-state index contributed by atoms with van der Waals surface area (Å²) in [6.45, 7) is 1.75. The fraction of sp³-hybridized carbons (Fsp3) is 0.182. The van der Waals surface area contributed by atoms with Crippen LogP contribution >= 0.6 is 81.2 Å². The molecule has 0 aliphatic heterocycles. The predicted octanol–water partition coefficient (Wildman–Crippen LogP) is 9.57. The van der Waals surface area contributed by atoms with E-state index < -0.39 is 0 Å². The Balaban J connectivity index is 0.000000183. The Labute approximate surface area is 563 Å². The van der Waals surface area contributed by atoms with E-state index in [1.165, 1.54) is 0 Å². The van der Waals surface area contributed by atoms with E-state index in [4.69, 9.17) is 121 Å². The Bertz CT molecular complexity index is 3980. The molecule has 0 atom stereocenters. The molecule has 5 aromatic carbocycles. The third-order valence-corrected chi connectivity index (χ3v) is 13.3. The van der Waals surface area contributed by atoms with Crippen molar-refractivity contribution in [2.75, 3.05) is 130 Å². The van der Waals surface area contributed by atoms with Crippen molar-refractivity contribution in [3.05, 3.63) is 161 Å². The van der Waals surface area contributed by atoms with Gasteiger partial charge in [-0.15, -0.1) is 0 Å². The summed E-state index contributed by atoms with van der Waals surface area (Å²) in [6.07, 6.45) is 0.823. The second kappa shape index (κ2) is 35.0. The number of nitrogens with one attached hydrogen (secondary N) is 5. The predicted molar refractivity (Wildman–Crippen MR) is 374 cm³/mol. The lowest BCUT2D eigenvalue weighted by Gasteiger charge is -2.12. The number of hydrogen-bond acceptors (Lipinski definition) is 30. The first-order valence-electron chi connectivity index (χ1n) is 26.7. The molecule has 0 saturated carbocycles. The van der Waals surface area contributed by atoms with Gasteiger partial charge in [-0.3, -0.25) is 0 Å². The number of halogens is 7. The highest BCUT2D eigenvalue weighted by atomic mass is 35.5. The number of nitrogen functional groups attached to an aromatic ring is 7. The van der Waals surface area contributed by atoms with E-state index in [1.807, 2.05) is 109 Å². The third-order valence-electron chi connectivity index (χ3n) is 11.1. The van der Waals surface area contributed by atoms with Crippen LogP contribution in [0.15, 0.2) is 109 Å². The van der Waals surface area contributed by atoms with Gasteiger partial charge in [-0.1, -0.05) is 118 Å². The van der Waals surface area contributed by atoms with Crippen LogP contribution in [-0.2, 0) is 19.5 Å². The molecular formula is C55H63Cl7N30. The number of rotatable bonds is 17. The van der Waals surface area contributed by atoms with Crippen LogP contribution in [-0.4, -0.2) is 124 Å². The number of nitrogens with two attached hydrogens (primary N) is 7. The smallest absolute Gasteiger partial charge is 0.233 e. The summed E-state index contributed by atoms with van der Waals surface area (Å²) in [6, 6.07) is 32.9. The van der Waals surface area contributed by atoms with Crippen molar-refractivity contribution < 1.29 is 0 Å². The van der Waals surface area contributed by atoms with Crippen LogP contribution in [0.4, 0.5) is 101 Å². The molecule has 30 nitrogen and oxygen atoms in total. The van der Waals surface area contributed by atoms with E-state index >= 15 is 0 Å². The van der Waals surface area contributed by atoms with E-state index in [-0.39, 0.29) is 47.6 Å². The number of nitrogens with zero attached hydrogens (tertiary/aromatic N) is 18. The summed E-state index contributed by atoms with van der Waals surface area (Å²) >= 11 is 41.1. The van der Waals surface area contributed by atoms with Crippen molar-refractivity contribution in [3.63, 3.8) is 0 Å². The van der Waals surface area contributed by atoms with Gasteiger partial charge in [-0.25, -0.2) is 0 Å². The Morgan fingerprint density at radius 1 is 0.315 bits per heavy atom. The van der Waals surface area contributed by atoms with Crippen LogP contribution in [0.5, 0.6) is 0 Å². The monoisotopic (exact) mass is 1390 g/mol. The van der Waals surface area contributed by atoms with Crippen molar-refractivity contribution in [1.82, 2.24) is 74.8 Å². The zero-order chi connectivity index (χ0) is 67.0. The van der Waals surface area contributed by atoms with Gasteiger partial charge >= 0.3 is 0 Å². The second-order valence-electron chi connectivity index (χ2n) is 19.2. The van der Waals surface area contributed by atoms with Crippen LogP contribution in [0, 0.1) is 0 Å². The lowest BCUT2D eigenvalue weighted by molar-refractivity contribution is 0.935. The molecule has 0 bridgehead atoms. The Morgan fingerprint density at radius 2 is 0.696 bits per heavy atom. The number of benzene rings is 5. The highest BCUT2D eigenvalue weighted by Crippen LogP contribution is 2.27. The van der Waals surface area contributed by atoms with E-state index in [0.717, 1.165) is 33.8 Å². The molecule has 10 rings (SSSR count). The largest absolute Gasteiger partial charge is 0.368 e. The normalized spacial score (nSPS) is 10.3. The highest BCUT2D eigenvalue weighted by Gasteiger charge is 2.11. The van der Waals surface area contributed by atoms with E-state index in [2.05, 4.69) is 101 Å². The average molecular weight is 1390 g/mol. The van der Waals surface area contributed by atoms with Crippen LogP contribution in [0.1, 0.15) is 16.7 Å². The average Bonchev–Trinajstić information content (AvgIpc) is 1.20. The van der Waals surface area contributed by atoms with Crippen LogP contribution in [0.3, 0.4) is 0 Å². The van der Waals surface area contributed by atoms with Gasteiger partial charge in [0.1, 0.15) is 0 Å². The second-order valence-corrected chi connectivity index (χ2v) is 22.1. The van der Waals surface area contributed by atoms with Gasteiger partial charge in [0.05, 0.1) is 20.1 Å². The number of anilines is 17. The molecule has 0 aliphatic carbocycles. The van der Waals surface area contributed by atoms with Crippen molar-refractivity contribution >= 4 is 182 Å². The summed E-state index contributed by atoms with van der Waals surface area (Å²) in [4.78, 5) is 65.1. The topological polar surface area (TPSA) is 445 Å². The van der Waals surface area contributed by atoms with Gasteiger partial charge in [0.25, 0.3) is 0 Å². The highest BCUT2D eigenvalue weighted by molar-refractivity contribution is 6.42. The summed E-state index contributed by atoms with van der Waals surface area (Å²) in [5.74, 6) is 4.19. The molecule has 10 aromatic rings. The maximum absolute atomic E-state index is 5.94. The van der Waals surface area contributed by atoms with Crippen LogP contribution < -0.4 is 81.4 Å². The molecule has 0 fully saturated rings. The molecule has 0 radical (unpaired) electrons. The zero-order valence-electron chi connectivity index (χ0n) is 50.0. The Hall–Kier alpha value is -9.82. The maximum Gasteiger partial charge on any atom is 0.233 e. The van der Waals surface area contributed by atoms with Gasteiger partial charge in [0.15, 0.2) is 0 Å². The van der Waals surface area contributed by atoms with Crippen molar-refractivity contribution in [3.8, 4) is 0 Å². The minimum atomic E-state index is 0.0417. The van der Waals surface area contributed by atoms with Crippen molar-refractivity contribution in [2.45, 2.75) is 19.5 Å². The molecule has 92 heavy (non-hydrogen) atoms. The molecule has 0 saturated heterocycles. The molecule has 0 aliphatic rings. The minimum Gasteiger partial charge on any atom is -0.368 e. The van der Waals surface area contributed by atoms with Gasteiger partial charge in [-0.05, 0) is 95.9 Å². The van der Waals surface area contributed by atoms with Gasteiger partial charge in [-0.2, -0.15) is 74.8 Å². The Morgan fingerprint density at radius 3 is 1.16 bits per heavy atom. The fourth-order valence-corrected chi connectivity index (χ4v) is 8.08. The molecule has 5 aromatic heterocycles. The maximum atomic E-state index is 5.94. The quantitative estimate of drug-likeness (QED) is 0.0403. The van der Waals surface area contributed by atoms with E-state index in [9.17, 15) is 0 Å². The SMILES string of the molecule is CN(C)c1nc(N)nc(NCCc2cccc(Cl)c2)n1.CN(C)c1nc(N)nc(NCc2ccc(Cl)cc2)n1.CN(C)c1nc(N)nc(Nc2cccc(Cl)c2)n1.Nc1nc(N)nc(NCc2ccc(Cl)c(Cl)c2)n1.Nc1nc(N)nc(Nc2ccc(Cl)c(Cl)c2)n1. The molecule has 0 spiro atoms. The number of aromatic nitrogens is 15. The van der Waals surface area contributed by atoms with Crippen LogP contribution in [0.25, 0.3) is 0 Å². The van der Waals surface area contributed by atoms with Crippen molar-refractivity contribution in [2.24, 2.45) is 0 Å². The van der Waals surface area contributed by atoms with Crippen LogP contribution in [0.2, 0.25) is 35.2 Å². The molecule has 482 valence electrons. The van der Waals surface area contributed by atoms with E-state index in [1.54, 1.807) is 57.2 Å². The van der Waals surface area contributed by atoms with Gasteiger partial charge < -0.3 is 81.4 Å². The molecule has 0 amide bonds. The molecule has 37 heteroatoms. The summed E-state index contributed by atoms with van der Waals surface area (Å²) in [5, 5.41) is 19.1. The van der Waals surface area contributed by atoms with Gasteiger partial charge in [0.2, 0.25) is 89.2 Å². The zero-order valence-corrected chi connectivity index (χ0v) is 55.2. The summed E-state index contributed by atoms with van der Waals surface area (Å²) in [7, 11) is 11.1. The molecule has 5 heterocycles. The first-order chi connectivity index (χ1) is 43.7. The first-order valence-corrected chi connectivity index (χ1v) is 29.4. The lowest BCUT2D eigenvalue weighted by Crippen LogP contribution is -2.17. The number of hydrogen-bond donors (Lipinski definition) is 12. The van der Waals surface area contributed by atoms with Gasteiger partial charge in [0, 0.05) is 88.4 Å². The van der Waals surface area contributed by atoms with E-state index in [0.29, 0.717) is 97.1 Å². The molecule has 19 N–H and O–H groups in total. The Kier molecular flexibility index (Phi) is 27.1. The lowest BCUT2D eigenvalue weighted by atomic mass is 10.1. The van der Waals surface area contributed by atoms with Crippen molar-refractivity contribution in [1.29, 1.82) is 0 Å². The summed E-state index contributed by atoms with van der Waals surface area (Å²) < 4.78 is 0. The standard InChI is InChI=1S/C13H17ClN6.C12H15ClN6.C11H13ClN6.C10H10Cl2N6.C9H8Cl2N6/c1-20(2)13-18-11(15)17-12(19-13)16-7-6-9-4-3-5-10(14)8-9;1-19(2)12-17-10(14)16-11(18-12)15-7-8-3-5-9(13)6-4-8;1-18(2)11-16-9(13)15-10(17-11)14-8-5-3-4-7(12)6-8;11-6-2-1-5(3-7(6)12)4-15-10-17-8(13)16-9(14)18-10;10-5-2-1-4(3-6(5)11)14-9-16-7(12)15-8(13)17-9/h3-5,8H,6-7H2,1-2H3,(H3,15,16,17,18,19);3-6H,7H2,1-2H3,(H3,14,15,16,17,18);3-6H,1-2H3,(H3,13,14,15,16,17);1-3H,4H2,(H5,13,14,15,16,17,18);1-3H,(H5,12,13,14,15,16,17). The molecule has 0 unspecified atom stereocenters. The molecular weight excluding hydrogens is 1330 g/mol. The summed E-state index contributed by atoms with van der Waals surface area (Å²) in [5.41, 5.74) is 43.3. The third kappa shape index (κ3) is 24.9. The first kappa shape index (κ1) is 71.3.